The van der Waals surface area contributed by atoms with Gasteiger partial charge in [0.25, 0.3) is 11.1 Å². The summed E-state index contributed by atoms with van der Waals surface area (Å²) in [5.74, 6) is -1.82. The number of carbonyl (C=O) groups excluding carboxylic acids is 3. The number of carboxylic acids is 1. The zero-order valence-electron chi connectivity index (χ0n) is 15.8. The Hall–Kier alpha value is -2.91. The highest BCUT2D eigenvalue weighted by atomic mass is 79.9. The molecule has 2 aromatic rings. The Kier molecular flexibility index (Phi) is 6.73. The first-order chi connectivity index (χ1) is 14.2. The summed E-state index contributed by atoms with van der Waals surface area (Å²) in [7, 11) is 0. The van der Waals surface area contributed by atoms with Gasteiger partial charge in [-0.05, 0) is 43.0 Å². The SMILES string of the molecule is Cc1ccc(C(=O)CN2C(=O)S/C(=C\c3cc(Br)ccc3OCC(=O)O)C2=O)cc1. The normalized spacial score (nSPS) is 15.0. The van der Waals surface area contributed by atoms with Crippen LogP contribution in [-0.2, 0) is 9.59 Å². The maximum atomic E-state index is 12.7. The number of imide groups is 1. The molecule has 9 heteroatoms. The number of carbonyl (C=O) groups is 4. The lowest BCUT2D eigenvalue weighted by Crippen LogP contribution is -2.33. The second-order valence-corrected chi connectivity index (χ2v) is 8.33. The molecule has 1 N–H and O–H groups in total. The Balaban J connectivity index is 1.81. The molecule has 0 aliphatic carbocycles. The Labute approximate surface area is 184 Å². The third-order valence-corrected chi connectivity index (χ3v) is 5.56. The zero-order valence-corrected chi connectivity index (χ0v) is 18.2. The summed E-state index contributed by atoms with van der Waals surface area (Å²) in [6, 6.07) is 11.7. The summed E-state index contributed by atoms with van der Waals surface area (Å²) in [6.45, 7) is 0.993. The van der Waals surface area contributed by atoms with Gasteiger partial charge in [0.05, 0.1) is 11.4 Å². The number of Topliss-reactive ketones (excluding diaryl/α,β-unsaturated/α-hetero) is 1. The van der Waals surface area contributed by atoms with E-state index in [4.69, 9.17) is 9.84 Å². The summed E-state index contributed by atoms with van der Waals surface area (Å²) in [4.78, 5) is 49.3. The topological polar surface area (TPSA) is 101 Å². The van der Waals surface area contributed by atoms with Crippen molar-refractivity contribution in [2.45, 2.75) is 6.92 Å². The van der Waals surface area contributed by atoms with Crippen LogP contribution in [0.4, 0.5) is 4.79 Å². The van der Waals surface area contributed by atoms with E-state index in [2.05, 4.69) is 15.9 Å². The van der Waals surface area contributed by atoms with Crippen molar-refractivity contribution in [2.75, 3.05) is 13.2 Å². The average molecular weight is 490 g/mol. The van der Waals surface area contributed by atoms with Crippen molar-refractivity contribution in [2.24, 2.45) is 0 Å². The van der Waals surface area contributed by atoms with Crippen LogP contribution in [0.2, 0.25) is 0 Å². The van der Waals surface area contributed by atoms with E-state index in [0.29, 0.717) is 27.4 Å². The van der Waals surface area contributed by atoms with Crippen LogP contribution in [0, 0.1) is 6.92 Å². The molecule has 1 aliphatic heterocycles. The number of aliphatic carboxylic acids is 1. The van der Waals surface area contributed by atoms with Crippen molar-refractivity contribution >= 4 is 56.7 Å². The fraction of sp³-hybridized carbons (Fsp3) is 0.143. The van der Waals surface area contributed by atoms with Crippen LogP contribution in [0.5, 0.6) is 5.75 Å². The second kappa shape index (κ2) is 9.27. The van der Waals surface area contributed by atoms with E-state index >= 15 is 0 Å². The van der Waals surface area contributed by atoms with Crippen LogP contribution >= 0.6 is 27.7 Å². The van der Waals surface area contributed by atoms with Crippen molar-refractivity contribution in [3.8, 4) is 5.75 Å². The first kappa shape index (κ1) is 21.8. The molecule has 30 heavy (non-hydrogen) atoms. The van der Waals surface area contributed by atoms with Crippen LogP contribution in [0.1, 0.15) is 21.5 Å². The van der Waals surface area contributed by atoms with Gasteiger partial charge in [-0.25, -0.2) is 4.79 Å². The molecule has 7 nitrogen and oxygen atoms in total. The third-order valence-electron chi connectivity index (χ3n) is 4.16. The quantitative estimate of drug-likeness (QED) is 0.460. The Morgan fingerprint density at radius 1 is 1.17 bits per heavy atom. The number of aryl methyl sites for hydroxylation is 1. The minimum atomic E-state index is -1.14. The molecule has 1 heterocycles. The van der Waals surface area contributed by atoms with Crippen LogP contribution in [0.3, 0.4) is 0 Å². The van der Waals surface area contributed by atoms with Gasteiger partial charge < -0.3 is 9.84 Å². The highest BCUT2D eigenvalue weighted by molar-refractivity contribution is 9.10. The number of benzene rings is 2. The number of ether oxygens (including phenoxy) is 1. The second-order valence-electron chi connectivity index (χ2n) is 6.42. The highest BCUT2D eigenvalue weighted by Gasteiger charge is 2.36. The molecule has 2 aromatic carbocycles. The minimum Gasteiger partial charge on any atom is -0.481 e. The molecule has 154 valence electrons. The molecule has 3 rings (SSSR count). The predicted octanol–water partition coefficient (Wildman–Crippen LogP) is 4.14. The molecule has 2 amide bonds. The van der Waals surface area contributed by atoms with Crippen molar-refractivity contribution in [1.82, 2.24) is 4.90 Å². The molecular formula is C21H16BrNO6S. The number of halogens is 1. The van der Waals surface area contributed by atoms with Crippen molar-refractivity contribution in [1.29, 1.82) is 0 Å². The van der Waals surface area contributed by atoms with Gasteiger partial charge in [-0.1, -0.05) is 45.8 Å². The smallest absolute Gasteiger partial charge is 0.341 e. The van der Waals surface area contributed by atoms with Crippen LogP contribution < -0.4 is 4.74 Å². The van der Waals surface area contributed by atoms with E-state index < -0.39 is 23.7 Å². The van der Waals surface area contributed by atoms with Gasteiger partial charge in [0.1, 0.15) is 5.75 Å². The number of amides is 2. The van der Waals surface area contributed by atoms with E-state index in [9.17, 15) is 19.2 Å². The third kappa shape index (κ3) is 5.17. The maximum absolute atomic E-state index is 12.7. The van der Waals surface area contributed by atoms with Gasteiger partial charge in [0, 0.05) is 15.6 Å². The number of nitrogens with zero attached hydrogens (tertiary/aromatic N) is 1. The molecule has 0 radical (unpaired) electrons. The van der Waals surface area contributed by atoms with Crippen LogP contribution in [0.25, 0.3) is 6.08 Å². The van der Waals surface area contributed by atoms with Crippen LogP contribution in [0.15, 0.2) is 51.8 Å². The van der Waals surface area contributed by atoms with E-state index in [-0.39, 0.29) is 23.0 Å². The van der Waals surface area contributed by atoms with E-state index in [1.165, 1.54) is 6.08 Å². The lowest BCUT2D eigenvalue weighted by molar-refractivity contribution is -0.139. The summed E-state index contributed by atoms with van der Waals surface area (Å²) in [5, 5.41) is 8.27. The molecular weight excluding hydrogens is 474 g/mol. The van der Waals surface area contributed by atoms with Gasteiger partial charge in [0.2, 0.25) is 0 Å². The van der Waals surface area contributed by atoms with Gasteiger partial charge >= 0.3 is 5.97 Å². The largest absolute Gasteiger partial charge is 0.481 e. The zero-order chi connectivity index (χ0) is 21.8. The number of thioether (sulfide) groups is 1. The number of ketones is 1. The van der Waals surface area contributed by atoms with Gasteiger partial charge in [-0.2, -0.15) is 0 Å². The van der Waals surface area contributed by atoms with Crippen molar-refractivity contribution in [3.05, 3.63) is 68.5 Å². The molecule has 1 saturated heterocycles. The summed E-state index contributed by atoms with van der Waals surface area (Å²) in [5.41, 5.74) is 1.84. The molecule has 0 unspecified atom stereocenters. The predicted molar refractivity (Wildman–Crippen MR) is 115 cm³/mol. The molecule has 0 spiro atoms. The Bertz CT molecular complexity index is 1060. The molecule has 1 aliphatic rings. The molecule has 0 aromatic heterocycles. The fourth-order valence-electron chi connectivity index (χ4n) is 2.65. The fourth-order valence-corrected chi connectivity index (χ4v) is 3.86. The van der Waals surface area contributed by atoms with Gasteiger partial charge in [-0.15, -0.1) is 0 Å². The molecule has 0 saturated carbocycles. The highest BCUT2D eigenvalue weighted by Crippen LogP contribution is 2.35. The van der Waals surface area contributed by atoms with Crippen molar-refractivity contribution < 1.29 is 29.0 Å². The first-order valence-corrected chi connectivity index (χ1v) is 10.3. The summed E-state index contributed by atoms with van der Waals surface area (Å²) < 4.78 is 5.93. The molecule has 1 fully saturated rings. The number of hydrogen-bond acceptors (Lipinski definition) is 6. The lowest BCUT2D eigenvalue weighted by atomic mass is 10.1. The first-order valence-electron chi connectivity index (χ1n) is 8.74. The van der Waals surface area contributed by atoms with E-state index in [1.54, 1.807) is 42.5 Å². The van der Waals surface area contributed by atoms with Gasteiger partial charge in [-0.3, -0.25) is 19.3 Å². The standard InChI is InChI=1S/C21H16BrNO6S/c1-12-2-4-13(5-3-12)16(24)10-23-20(27)18(30-21(23)28)9-14-8-15(22)6-7-17(14)29-11-19(25)26/h2-9H,10-11H2,1H3,(H,25,26)/b18-9-. The summed E-state index contributed by atoms with van der Waals surface area (Å²) >= 11 is 4.03. The monoisotopic (exact) mass is 489 g/mol. The van der Waals surface area contributed by atoms with E-state index in [1.807, 2.05) is 6.92 Å². The number of carboxylic acid groups (broad SMARTS) is 1. The summed E-state index contributed by atoms with van der Waals surface area (Å²) in [6.07, 6.45) is 1.45. The number of hydrogen-bond donors (Lipinski definition) is 1. The average Bonchev–Trinajstić information content (AvgIpc) is 2.95. The maximum Gasteiger partial charge on any atom is 0.341 e. The molecule has 0 bridgehead atoms. The molecule has 0 atom stereocenters. The Morgan fingerprint density at radius 2 is 1.87 bits per heavy atom. The van der Waals surface area contributed by atoms with Crippen LogP contribution in [-0.4, -0.2) is 46.1 Å². The lowest BCUT2D eigenvalue weighted by Gasteiger charge is -2.11. The van der Waals surface area contributed by atoms with E-state index in [0.717, 1.165) is 10.5 Å². The van der Waals surface area contributed by atoms with Gasteiger partial charge in [0.15, 0.2) is 12.4 Å². The Morgan fingerprint density at radius 3 is 2.53 bits per heavy atom. The number of rotatable bonds is 7. The minimum absolute atomic E-state index is 0.120. The van der Waals surface area contributed by atoms with Crippen molar-refractivity contribution in [3.63, 3.8) is 0 Å².